The normalized spacial score (nSPS) is 21.7. The Kier molecular flexibility index (Phi) is 24.3. The van der Waals surface area contributed by atoms with Crippen molar-refractivity contribution >= 4 is 68.4 Å². The van der Waals surface area contributed by atoms with E-state index < -0.39 is 0 Å². The topological polar surface area (TPSA) is 279 Å². The first-order chi connectivity index (χ1) is 63.8. The van der Waals surface area contributed by atoms with Crippen molar-refractivity contribution < 1.29 is 14.2 Å². The second kappa shape index (κ2) is 37.6. The van der Waals surface area contributed by atoms with Gasteiger partial charge in [0.2, 0.25) is 11.8 Å². The van der Waals surface area contributed by atoms with Gasteiger partial charge in [-0.25, -0.2) is 37.5 Å². The van der Waals surface area contributed by atoms with Crippen molar-refractivity contribution in [2.45, 2.75) is 129 Å². The number of benzene rings is 5. The summed E-state index contributed by atoms with van der Waals surface area (Å²) in [5.74, 6) is 5.03. The molecule has 5 aromatic carbocycles. The maximum atomic E-state index is 6.20. The van der Waals surface area contributed by atoms with E-state index >= 15 is 0 Å². The summed E-state index contributed by atoms with van der Waals surface area (Å²) in [5.41, 5.74) is 26.2. The molecule has 30 heteroatoms. The van der Waals surface area contributed by atoms with Gasteiger partial charge in [0.25, 0.3) is 0 Å². The number of rotatable bonds is 0. The largest absolute Gasteiger partial charge is 0.492 e. The molecule has 4 atom stereocenters. The number of ether oxygens (including phenoxy) is 3. The number of aromatic nitrogens is 15. The Hall–Kier alpha value is -13.0. The molecule has 0 amide bonds. The molecule has 30 nitrogen and oxygen atoms in total. The van der Waals surface area contributed by atoms with Gasteiger partial charge in [-0.15, -0.1) is 0 Å². The standard InChI is InChI=1S/2C20H24N6.3C20H23N5O/c1-14-3-4-15-11-17(14)18-12-22-26-10-6-19(24-20(18)26)23-16-5-9-25(13-16)8-2-7-21-15;1-14-4-5-15-11-17(14)18-13-23-26-9-6-19(24-20(18)26)21-7-10-25-8-2-3-16(25)12-22-15;1-14-2-3-15-12-17(14)18-13-22-25-10-6-19(23-20(18)25)26-16-4-8-24(9-5-16)11-7-21-15;1-14-2-3-16-12-17(14)18-13-21-25-9-6-19(23-20(18)25)26-11-10-24-7-4-15(22-16)5-8-24;1-14-4-5-16-11-17(14)18-12-22-25-9-6-19(23-20(18)25)21-7-10-24-8-2-3-15(24)13-26-16/h3-4,6,10-12,16,21H,2,5,7-9,13H2,1H3,(H,23,24);4-6,9,11,13,16,22H,2-3,7-8,10,12H2,1H3,(H,21,24);2-3,6,10,12-13,16,21H,4-5,7-9,11H2,1H3;2-3,6,9,12-13,15,22H,4-5,7-8,10-11H2,1H3;4-6,9,11-12,15H,2-3,7-8,10,13H2,1H3,(H,21,23)/t;16-;;;15-/m.0..0/s1. The highest BCUT2D eigenvalue weighted by atomic mass is 16.5. The van der Waals surface area contributed by atoms with Gasteiger partial charge in [-0.3, -0.25) is 14.7 Å². The first-order valence-corrected chi connectivity index (χ1v) is 46.9. The molecule has 5 saturated heterocycles. The maximum absolute atomic E-state index is 6.20. The fourth-order valence-corrected chi connectivity index (χ4v) is 20.1. The molecule has 5 fully saturated rings. The molecular weight excluding hydrogens is 1630 g/mol. The lowest BCUT2D eigenvalue weighted by molar-refractivity contribution is 0.0991. The Balaban J connectivity index is 0.0000000983. The highest BCUT2D eigenvalue weighted by Crippen LogP contribution is 2.38. The van der Waals surface area contributed by atoms with E-state index in [1.807, 2.05) is 115 Å². The smallest absolute Gasteiger partial charge is 0.217 e. The van der Waals surface area contributed by atoms with Crippen LogP contribution in [0.4, 0.5) is 40.2 Å². The van der Waals surface area contributed by atoms with Crippen molar-refractivity contribution in [1.29, 1.82) is 0 Å². The van der Waals surface area contributed by atoms with Crippen LogP contribution < -0.4 is 51.4 Å². The molecule has 0 saturated carbocycles. The minimum Gasteiger partial charge on any atom is -0.492 e. The van der Waals surface area contributed by atoms with Crippen molar-refractivity contribution in [3.63, 3.8) is 0 Å². The zero-order chi connectivity index (χ0) is 87.5. The summed E-state index contributed by atoms with van der Waals surface area (Å²) < 4.78 is 27.5. The van der Waals surface area contributed by atoms with Gasteiger partial charge in [0.15, 0.2) is 28.2 Å². The fourth-order valence-electron chi connectivity index (χ4n) is 20.1. The van der Waals surface area contributed by atoms with Crippen LogP contribution in [0.1, 0.15) is 92.0 Å². The second-order valence-corrected chi connectivity index (χ2v) is 36.3. The zero-order valence-electron chi connectivity index (χ0n) is 75.1. The SMILES string of the molecule is Cc1ccc2cc1-c1cnn3ccc(nc13)NC1CCN(CCCN2)C1.Cc1ccc2cc1-c1cnn3ccc(nc13)NCCN1CCC[C@H]1CN2.Cc1ccc2cc1-c1cnn3ccc(nc13)NCCN1CCC[C@H]1CO2.Cc1ccc2cc1-c1cnn3ccc(nc13)OC1CCN(CCN2)CC1.Cc1ccc2cc1-c1cnn3ccc(nc13)OCCN1CCC(CC1)N2. The Bertz CT molecular complexity index is 6310. The Morgan fingerprint density at radius 3 is 1.34 bits per heavy atom. The van der Waals surface area contributed by atoms with E-state index in [1.165, 1.54) is 94.5 Å². The minimum atomic E-state index is 0.244. The number of piperidine rings is 2. The van der Waals surface area contributed by atoms with Gasteiger partial charge in [0, 0.05) is 216 Å². The van der Waals surface area contributed by atoms with Crippen molar-refractivity contribution in [2.24, 2.45) is 0 Å². The average molecular weight is 1750 g/mol. The molecule has 130 heavy (non-hydrogen) atoms. The molecule has 0 spiro atoms. The summed E-state index contributed by atoms with van der Waals surface area (Å²) in [5, 5.41) is 47.5. The van der Waals surface area contributed by atoms with Crippen molar-refractivity contribution in [2.75, 3.05) is 168 Å². The van der Waals surface area contributed by atoms with Gasteiger partial charge >= 0.3 is 0 Å². The van der Waals surface area contributed by atoms with E-state index in [0.29, 0.717) is 42.5 Å². The van der Waals surface area contributed by atoms with Crippen LogP contribution in [-0.4, -0.2) is 259 Å². The maximum Gasteiger partial charge on any atom is 0.217 e. The molecule has 15 aromatic rings. The van der Waals surface area contributed by atoms with Crippen LogP contribution in [0.25, 0.3) is 83.9 Å². The van der Waals surface area contributed by atoms with Gasteiger partial charge in [-0.2, -0.15) is 35.5 Å². The summed E-state index contributed by atoms with van der Waals surface area (Å²) >= 11 is 0. The van der Waals surface area contributed by atoms with Gasteiger partial charge in [0.05, 0.1) is 31.0 Å². The minimum absolute atomic E-state index is 0.244. The molecule has 7 N–H and O–H groups in total. The summed E-state index contributed by atoms with van der Waals surface area (Å²) in [6, 6.07) is 44.5. The van der Waals surface area contributed by atoms with E-state index in [9.17, 15) is 0 Å². The lowest BCUT2D eigenvalue weighted by Gasteiger charge is -2.32. The zero-order valence-corrected chi connectivity index (χ0v) is 75.1. The number of hydrogen-bond donors (Lipinski definition) is 7. The third-order valence-corrected chi connectivity index (χ3v) is 27.6. The lowest BCUT2D eigenvalue weighted by Crippen LogP contribution is -2.40. The number of aryl methyl sites for hydroxylation is 5. The van der Waals surface area contributed by atoms with Gasteiger partial charge < -0.3 is 61.2 Å². The van der Waals surface area contributed by atoms with E-state index in [-0.39, 0.29) is 6.10 Å². The van der Waals surface area contributed by atoms with E-state index in [1.54, 1.807) is 0 Å². The summed E-state index contributed by atoms with van der Waals surface area (Å²) in [6.45, 7) is 30.9. The molecular formula is C100H117N27O3. The van der Waals surface area contributed by atoms with Crippen LogP contribution >= 0.6 is 0 Å². The molecule has 10 aromatic heterocycles. The molecule has 0 aliphatic carbocycles. The van der Waals surface area contributed by atoms with Crippen LogP contribution in [0.2, 0.25) is 0 Å². The number of anilines is 7. The number of hydrogen-bond acceptors (Lipinski definition) is 25. The summed E-state index contributed by atoms with van der Waals surface area (Å²) in [6.07, 6.45) is 31.3. The van der Waals surface area contributed by atoms with Crippen LogP contribution in [0.15, 0.2) is 183 Å². The molecule has 27 rings (SSSR count). The van der Waals surface area contributed by atoms with Crippen LogP contribution in [0.5, 0.6) is 17.5 Å². The quantitative estimate of drug-likeness (QED) is 0.0743. The Morgan fingerprint density at radius 2 is 0.754 bits per heavy atom. The molecule has 2 unspecified atom stereocenters. The average Bonchev–Trinajstić information content (AvgIpc) is 1.64. The third-order valence-electron chi connectivity index (χ3n) is 27.6. The van der Waals surface area contributed by atoms with Crippen LogP contribution in [0, 0.1) is 34.6 Å². The first kappa shape index (κ1) is 83.9. The third kappa shape index (κ3) is 18.5. The number of nitrogens with one attached hydrogen (secondary N) is 7. The molecule has 0 radical (unpaired) electrons. The predicted molar refractivity (Wildman–Crippen MR) is 515 cm³/mol. The summed E-state index contributed by atoms with van der Waals surface area (Å²) in [4.78, 5) is 36.7. The molecule has 670 valence electrons. The van der Waals surface area contributed by atoms with Crippen LogP contribution in [-0.2, 0) is 0 Å². The summed E-state index contributed by atoms with van der Waals surface area (Å²) in [7, 11) is 0. The van der Waals surface area contributed by atoms with Crippen molar-refractivity contribution in [1.82, 2.24) is 97.5 Å². The van der Waals surface area contributed by atoms with Gasteiger partial charge in [0.1, 0.15) is 42.5 Å². The fraction of sp³-hybridized carbons (Fsp3) is 0.400. The number of nitrogens with zero attached hydrogens (tertiary/aromatic N) is 20. The van der Waals surface area contributed by atoms with E-state index in [2.05, 4.69) is 213 Å². The Morgan fingerprint density at radius 1 is 0.315 bits per heavy atom. The predicted octanol–water partition coefficient (Wildman–Crippen LogP) is 14.9. The second-order valence-electron chi connectivity index (χ2n) is 36.3. The van der Waals surface area contributed by atoms with Crippen LogP contribution in [0.3, 0.4) is 0 Å². The Labute approximate surface area is 757 Å². The highest BCUT2D eigenvalue weighted by Gasteiger charge is 2.31. The molecule has 22 heterocycles. The number of fused-ring (bicyclic) bond motifs is 24. The van der Waals surface area contributed by atoms with Gasteiger partial charge in [-0.1, -0.05) is 30.3 Å². The van der Waals surface area contributed by atoms with Crippen molar-refractivity contribution in [3.8, 4) is 73.1 Å². The molecule has 12 aliphatic rings. The molecule has 26 bridgehead atoms. The first-order valence-electron chi connectivity index (χ1n) is 46.9. The van der Waals surface area contributed by atoms with E-state index in [0.717, 1.165) is 252 Å². The van der Waals surface area contributed by atoms with E-state index in [4.69, 9.17) is 39.1 Å². The van der Waals surface area contributed by atoms with Crippen molar-refractivity contribution in [3.05, 3.63) is 211 Å². The monoisotopic (exact) mass is 1740 g/mol. The van der Waals surface area contributed by atoms with Gasteiger partial charge in [-0.05, 0) is 253 Å². The highest BCUT2D eigenvalue weighted by molar-refractivity contribution is 5.86. The molecule has 12 aliphatic heterocycles. The lowest BCUT2D eigenvalue weighted by atomic mass is 10.0.